The van der Waals surface area contributed by atoms with Crippen molar-refractivity contribution in [1.82, 2.24) is 25.4 Å². The second kappa shape index (κ2) is 7.34. The zero-order valence-electron chi connectivity index (χ0n) is 14.6. The van der Waals surface area contributed by atoms with Gasteiger partial charge in [0.05, 0.1) is 16.7 Å². The molecule has 2 aromatic rings. The number of likely N-dealkylation sites (tertiary alicyclic amines) is 1. The van der Waals surface area contributed by atoms with Crippen LogP contribution >= 0.6 is 11.3 Å². The number of hydrogen-bond donors (Lipinski definition) is 2. The number of aryl methyl sites for hydroxylation is 4. The molecule has 0 saturated carbocycles. The second-order valence-corrected chi connectivity index (χ2v) is 7.36. The van der Waals surface area contributed by atoms with Crippen LogP contribution in [0.5, 0.6) is 0 Å². The molecular formula is C17H25N5OS. The first-order valence-corrected chi connectivity index (χ1v) is 9.41. The summed E-state index contributed by atoms with van der Waals surface area (Å²) in [5.41, 5.74) is 4.32. The molecule has 130 valence electrons. The summed E-state index contributed by atoms with van der Waals surface area (Å²) in [6, 6.07) is 0.179. The summed E-state index contributed by atoms with van der Waals surface area (Å²) in [4.78, 5) is 19.0. The van der Waals surface area contributed by atoms with Crippen molar-refractivity contribution in [2.75, 3.05) is 13.1 Å². The minimum atomic E-state index is 0.0350. The van der Waals surface area contributed by atoms with E-state index in [1.54, 1.807) is 11.3 Å². The Morgan fingerprint density at radius 1 is 1.46 bits per heavy atom. The number of hydrogen-bond acceptors (Lipinski definition) is 4. The van der Waals surface area contributed by atoms with E-state index in [0.29, 0.717) is 6.54 Å². The first kappa shape index (κ1) is 17.0. The molecule has 2 aromatic heterocycles. The molecule has 0 aliphatic carbocycles. The van der Waals surface area contributed by atoms with E-state index in [2.05, 4.69) is 25.9 Å². The Morgan fingerprint density at radius 2 is 2.29 bits per heavy atom. The number of nitrogens with one attached hydrogen (secondary N) is 2. The molecule has 1 saturated heterocycles. The van der Waals surface area contributed by atoms with E-state index < -0.39 is 0 Å². The fourth-order valence-electron chi connectivity index (χ4n) is 3.41. The number of urea groups is 1. The molecule has 1 aliphatic heterocycles. The summed E-state index contributed by atoms with van der Waals surface area (Å²) >= 11 is 1.69. The van der Waals surface area contributed by atoms with Gasteiger partial charge in [0, 0.05) is 41.8 Å². The molecule has 0 aromatic carbocycles. The molecule has 0 radical (unpaired) electrons. The number of amides is 2. The number of aromatic nitrogens is 3. The third-order valence-electron chi connectivity index (χ3n) is 4.54. The second-order valence-electron chi connectivity index (χ2n) is 6.42. The minimum absolute atomic E-state index is 0.0350. The van der Waals surface area contributed by atoms with E-state index in [1.807, 2.05) is 25.7 Å². The lowest BCUT2D eigenvalue weighted by atomic mass is 10.0. The largest absolute Gasteiger partial charge is 0.338 e. The molecule has 0 spiro atoms. The Balaban J connectivity index is 1.52. The number of carbonyl (C=O) groups is 1. The average Bonchev–Trinajstić information content (AvgIpc) is 3.25. The zero-order valence-corrected chi connectivity index (χ0v) is 15.4. The van der Waals surface area contributed by atoms with Crippen LogP contribution in [0.4, 0.5) is 4.79 Å². The van der Waals surface area contributed by atoms with Crippen LogP contribution in [0, 0.1) is 20.8 Å². The molecule has 24 heavy (non-hydrogen) atoms. The number of carbonyl (C=O) groups excluding carboxylic acids is 1. The van der Waals surface area contributed by atoms with Crippen LogP contribution in [-0.4, -0.2) is 39.2 Å². The SMILES string of the molecule is Cc1csc(CCCNC(=O)N2CCC[C@H]2c2c(C)n[nH]c2C)n1. The molecule has 3 rings (SSSR count). The van der Waals surface area contributed by atoms with Crippen molar-refractivity contribution < 1.29 is 4.79 Å². The fraction of sp³-hybridized carbons (Fsp3) is 0.588. The van der Waals surface area contributed by atoms with Gasteiger partial charge in [0.15, 0.2) is 0 Å². The monoisotopic (exact) mass is 347 g/mol. The number of nitrogens with zero attached hydrogens (tertiary/aromatic N) is 3. The molecule has 3 heterocycles. The van der Waals surface area contributed by atoms with Gasteiger partial charge in [-0.3, -0.25) is 5.10 Å². The molecule has 0 bridgehead atoms. The third kappa shape index (κ3) is 3.61. The van der Waals surface area contributed by atoms with Crippen LogP contribution < -0.4 is 5.32 Å². The van der Waals surface area contributed by atoms with E-state index >= 15 is 0 Å². The third-order valence-corrected chi connectivity index (χ3v) is 5.57. The van der Waals surface area contributed by atoms with Gasteiger partial charge >= 0.3 is 6.03 Å². The summed E-state index contributed by atoms with van der Waals surface area (Å²) in [6.45, 7) is 7.54. The van der Waals surface area contributed by atoms with Gasteiger partial charge in [0.25, 0.3) is 0 Å². The summed E-state index contributed by atoms with van der Waals surface area (Å²) in [6.07, 6.45) is 3.89. The van der Waals surface area contributed by atoms with Gasteiger partial charge in [-0.1, -0.05) is 0 Å². The van der Waals surface area contributed by atoms with Crippen LogP contribution in [0.2, 0.25) is 0 Å². The molecule has 0 unspecified atom stereocenters. The highest BCUT2D eigenvalue weighted by Crippen LogP contribution is 2.34. The molecule has 2 amide bonds. The Labute approximate surface area is 146 Å². The van der Waals surface area contributed by atoms with Crippen LogP contribution in [0.3, 0.4) is 0 Å². The predicted molar refractivity (Wildman–Crippen MR) is 95.3 cm³/mol. The van der Waals surface area contributed by atoms with E-state index in [-0.39, 0.29) is 12.1 Å². The smallest absolute Gasteiger partial charge is 0.317 e. The van der Waals surface area contributed by atoms with Crippen molar-refractivity contribution in [3.05, 3.63) is 33.0 Å². The van der Waals surface area contributed by atoms with Crippen LogP contribution in [0.1, 0.15) is 53.0 Å². The van der Waals surface area contributed by atoms with Crippen molar-refractivity contribution in [3.63, 3.8) is 0 Å². The molecule has 1 fully saturated rings. The van der Waals surface area contributed by atoms with Gasteiger partial charge in [0.1, 0.15) is 0 Å². The topological polar surface area (TPSA) is 73.9 Å². The Morgan fingerprint density at radius 3 is 2.96 bits per heavy atom. The normalized spacial score (nSPS) is 17.5. The van der Waals surface area contributed by atoms with Crippen LogP contribution in [0.15, 0.2) is 5.38 Å². The molecule has 2 N–H and O–H groups in total. The fourth-order valence-corrected chi connectivity index (χ4v) is 4.23. The van der Waals surface area contributed by atoms with Gasteiger partial charge in [0.2, 0.25) is 0 Å². The summed E-state index contributed by atoms with van der Waals surface area (Å²) in [5, 5.41) is 13.6. The lowest BCUT2D eigenvalue weighted by Crippen LogP contribution is -2.40. The number of aromatic amines is 1. The highest BCUT2D eigenvalue weighted by Gasteiger charge is 2.32. The zero-order chi connectivity index (χ0) is 17.1. The maximum Gasteiger partial charge on any atom is 0.317 e. The number of rotatable bonds is 5. The minimum Gasteiger partial charge on any atom is -0.338 e. The Bertz CT molecular complexity index is 688. The van der Waals surface area contributed by atoms with Crippen molar-refractivity contribution in [3.8, 4) is 0 Å². The lowest BCUT2D eigenvalue weighted by Gasteiger charge is -2.25. The molecule has 6 nitrogen and oxygen atoms in total. The molecular weight excluding hydrogens is 322 g/mol. The van der Waals surface area contributed by atoms with Crippen LogP contribution in [0.25, 0.3) is 0 Å². The summed E-state index contributed by atoms with van der Waals surface area (Å²) in [7, 11) is 0. The number of thiazole rings is 1. The first-order chi connectivity index (χ1) is 11.6. The van der Waals surface area contributed by atoms with Crippen molar-refractivity contribution in [1.29, 1.82) is 0 Å². The van der Waals surface area contributed by atoms with Crippen LogP contribution in [-0.2, 0) is 6.42 Å². The van der Waals surface area contributed by atoms with Crippen molar-refractivity contribution in [2.45, 2.75) is 52.5 Å². The van der Waals surface area contributed by atoms with Gasteiger partial charge in [-0.2, -0.15) is 5.10 Å². The highest BCUT2D eigenvalue weighted by molar-refractivity contribution is 7.09. The lowest BCUT2D eigenvalue weighted by molar-refractivity contribution is 0.192. The molecule has 1 aliphatic rings. The Hall–Kier alpha value is -1.89. The van der Waals surface area contributed by atoms with E-state index in [9.17, 15) is 4.79 Å². The number of H-pyrrole nitrogens is 1. The van der Waals surface area contributed by atoms with Crippen molar-refractivity contribution in [2.24, 2.45) is 0 Å². The Kier molecular flexibility index (Phi) is 5.18. The van der Waals surface area contributed by atoms with E-state index in [4.69, 9.17) is 0 Å². The van der Waals surface area contributed by atoms with Gasteiger partial charge in [-0.05, 0) is 40.0 Å². The predicted octanol–water partition coefficient (Wildman–Crippen LogP) is 3.27. The molecule has 7 heteroatoms. The van der Waals surface area contributed by atoms with Gasteiger partial charge < -0.3 is 10.2 Å². The standard InChI is InChI=1S/C17H25N5OS/c1-11-10-24-15(19-11)7-4-8-18-17(23)22-9-5-6-14(22)16-12(2)20-21-13(16)3/h10,14H,4-9H2,1-3H3,(H,18,23)(H,20,21)/t14-/m0/s1. The van der Waals surface area contributed by atoms with E-state index in [1.165, 1.54) is 5.56 Å². The average molecular weight is 347 g/mol. The maximum atomic E-state index is 12.6. The summed E-state index contributed by atoms with van der Waals surface area (Å²) < 4.78 is 0. The maximum absolute atomic E-state index is 12.6. The first-order valence-electron chi connectivity index (χ1n) is 8.53. The molecule has 1 atom stereocenters. The summed E-state index contributed by atoms with van der Waals surface area (Å²) in [5.74, 6) is 0. The van der Waals surface area contributed by atoms with E-state index in [0.717, 1.165) is 54.3 Å². The van der Waals surface area contributed by atoms with Gasteiger partial charge in [-0.25, -0.2) is 9.78 Å². The highest BCUT2D eigenvalue weighted by atomic mass is 32.1. The van der Waals surface area contributed by atoms with Gasteiger partial charge in [-0.15, -0.1) is 11.3 Å². The van der Waals surface area contributed by atoms with Crippen molar-refractivity contribution >= 4 is 17.4 Å². The quantitative estimate of drug-likeness (QED) is 0.815.